The normalized spacial score (nSPS) is 11.7. The van der Waals surface area contributed by atoms with Crippen molar-refractivity contribution in [2.24, 2.45) is 0 Å². The molecule has 1 aromatic rings. The number of halogens is 3. The minimum atomic E-state index is -4.89. The number of aromatic hydroxyl groups is 1. The Kier molecular flexibility index (Phi) is 3.62. The number of carboxylic acid groups (broad SMARTS) is 1. The Morgan fingerprint density at radius 2 is 2.00 bits per heavy atom. The highest BCUT2D eigenvalue weighted by atomic mass is 19.4. The van der Waals surface area contributed by atoms with E-state index in [2.05, 4.69) is 4.74 Å². The molecule has 4 nitrogen and oxygen atoms in total. The predicted octanol–water partition coefficient (Wildman–Crippen LogP) is 2.39. The molecule has 0 spiro atoms. The number of phenolic OH excluding ortho intramolecular Hbond substituents is 1. The molecule has 1 aromatic carbocycles. The minimum absolute atomic E-state index is 0.190. The van der Waals surface area contributed by atoms with Crippen LogP contribution in [0.1, 0.15) is 5.56 Å². The molecule has 17 heavy (non-hydrogen) atoms. The monoisotopic (exact) mass is 248 g/mol. The second kappa shape index (κ2) is 4.77. The van der Waals surface area contributed by atoms with E-state index in [-0.39, 0.29) is 11.3 Å². The molecule has 0 saturated heterocycles. The second-order valence-electron chi connectivity index (χ2n) is 2.94. The summed E-state index contributed by atoms with van der Waals surface area (Å²) in [5, 5.41) is 17.4. The maximum Gasteiger partial charge on any atom is 0.573 e. The Balaban J connectivity index is 3.08. The van der Waals surface area contributed by atoms with Crippen LogP contribution in [-0.2, 0) is 4.79 Å². The number of carbonyl (C=O) groups is 1. The molecule has 0 aliphatic rings. The Labute approximate surface area is 93.6 Å². The molecule has 0 bridgehead atoms. The molecule has 92 valence electrons. The Morgan fingerprint density at radius 3 is 2.53 bits per heavy atom. The molecule has 1 rings (SSSR count). The summed E-state index contributed by atoms with van der Waals surface area (Å²) in [6, 6.07) is 2.85. The highest BCUT2D eigenvalue weighted by Crippen LogP contribution is 2.29. The van der Waals surface area contributed by atoms with E-state index in [1.54, 1.807) is 0 Å². The van der Waals surface area contributed by atoms with Gasteiger partial charge in [0.2, 0.25) is 0 Å². The van der Waals surface area contributed by atoms with Crippen LogP contribution in [0.25, 0.3) is 6.08 Å². The molecule has 2 N–H and O–H groups in total. The Bertz CT molecular complexity index is 451. The van der Waals surface area contributed by atoms with Gasteiger partial charge in [-0.1, -0.05) is 0 Å². The first kappa shape index (κ1) is 12.9. The number of alkyl halides is 3. The zero-order valence-electron chi connectivity index (χ0n) is 8.23. The lowest BCUT2D eigenvalue weighted by Crippen LogP contribution is -2.17. The summed E-state index contributed by atoms with van der Waals surface area (Å²) in [6.07, 6.45) is -3.36. The van der Waals surface area contributed by atoms with Crippen LogP contribution in [0, 0.1) is 0 Å². The number of rotatable bonds is 3. The van der Waals surface area contributed by atoms with Gasteiger partial charge < -0.3 is 14.9 Å². The lowest BCUT2D eigenvalue weighted by atomic mass is 10.1. The van der Waals surface area contributed by atoms with Crippen LogP contribution in [0.5, 0.6) is 11.5 Å². The molecule has 0 heterocycles. The minimum Gasteiger partial charge on any atom is -0.508 e. The van der Waals surface area contributed by atoms with Gasteiger partial charge in [0.25, 0.3) is 0 Å². The molecule has 0 aliphatic heterocycles. The van der Waals surface area contributed by atoms with Gasteiger partial charge in [-0.25, -0.2) is 4.79 Å². The number of aliphatic carboxylic acids is 1. The topological polar surface area (TPSA) is 66.8 Å². The van der Waals surface area contributed by atoms with E-state index >= 15 is 0 Å². The van der Waals surface area contributed by atoms with Crippen molar-refractivity contribution in [3.8, 4) is 11.5 Å². The third-order valence-corrected chi connectivity index (χ3v) is 1.62. The summed E-state index contributed by atoms with van der Waals surface area (Å²) < 4.78 is 39.7. The quantitative estimate of drug-likeness (QED) is 0.806. The first-order chi connectivity index (χ1) is 7.78. The standard InChI is InChI=1S/C10H7F3O4/c11-10(12,13)17-8-3-2-7(14)5-6(8)1-4-9(15)16/h1-5,14H,(H,15,16)/b4-1+. The number of ether oxygens (including phenoxy) is 1. The van der Waals surface area contributed by atoms with Crippen molar-refractivity contribution >= 4 is 12.0 Å². The van der Waals surface area contributed by atoms with Crippen molar-refractivity contribution in [3.63, 3.8) is 0 Å². The van der Waals surface area contributed by atoms with Crippen LogP contribution < -0.4 is 4.74 Å². The molecular weight excluding hydrogens is 241 g/mol. The van der Waals surface area contributed by atoms with E-state index in [0.29, 0.717) is 6.08 Å². The van der Waals surface area contributed by atoms with E-state index in [4.69, 9.17) is 10.2 Å². The van der Waals surface area contributed by atoms with Gasteiger partial charge in [-0.05, 0) is 24.3 Å². The van der Waals surface area contributed by atoms with Crippen LogP contribution >= 0.6 is 0 Å². The van der Waals surface area contributed by atoms with Crippen LogP contribution in [-0.4, -0.2) is 22.5 Å². The Morgan fingerprint density at radius 1 is 1.35 bits per heavy atom. The van der Waals surface area contributed by atoms with E-state index in [0.717, 1.165) is 24.3 Å². The summed E-state index contributed by atoms with van der Waals surface area (Å²) in [6.45, 7) is 0. The van der Waals surface area contributed by atoms with Crippen molar-refractivity contribution in [1.29, 1.82) is 0 Å². The molecule has 0 fully saturated rings. The number of hydrogen-bond donors (Lipinski definition) is 2. The predicted molar refractivity (Wildman–Crippen MR) is 51.5 cm³/mol. The molecule has 0 saturated carbocycles. The van der Waals surface area contributed by atoms with Crippen LogP contribution in [0.2, 0.25) is 0 Å². The van der Waals surface area contributed by atoms with Crippen molar-refractivity contribution in [2.45, 2.75) is 6.36 Å². The third kappa shape index (κ3) is 4.45. The first-order valence-electron chi connectivity index (χ1n) is 4.28. The van der Waals surface area contributed by atoms with Gasteiger partial charge in [-0.15, -0.1) is 13.2 Å². The fourth-order valence-electron chi connectivity index (χ4n) is 1.04. The lowest BCUT2D eigenvalue weighted by molar-refractivity contribution is -0.274. The summed E-state index contributed by atoms with van der Waals surface area (Å²) in [4.78, 5) is 10.2. The van der Waals surface area contributed by atoms with E-state index in [1.165, 1.54) is 0 Å². The summed E-state index contributed by atoms with van der Waals surface area (Å²) >= 11 is 0. The van der Waals surface area contributed by atoms with E-state index < -0.39 is 18.1 Å². The van der Waals surface area contributed by atoms with Crippen molar-refractivity contribution in [1.82, 2.24) is 0 Å². The van der Waals surface area contributed by atoms with Crippen molar-refractivity contribution in [3.05, 3.63) is 29.8 Å². The third-order valence-electron chi connectivity index (χ3n) is 1.62. The number of hydrogen-bond acceptors (Lipinski definition) is 3. The van der Waals surface area contributed by atoms with Gasteiger partial charge in [-0.3, -0.25) is 0 Å². The zero-order valence-corrected chi connectivity index (χ0v) is 8.23. The molecule has 7 heteroatoms. The molecular formula is C10H7F3O4. The van der Waals surface area contributed by atoms with Gasteiger partial charge in [0.15, 0.2) is 0 Å². The summed E-state index contributed by atoms with van der Waals surface area (Å²) in [5.41, 5.74) is -0.190. The van der Waals surface area contributed by atoms with Gasteiger partial charge in [-0.2, -0.15) is 0 Å². The van der Waals surface area contributed by atoms with Crippen molar-refractivity contribution < 1.29 is 32.9 Å². The van der Waals surface area contributed by atoms with Gasteiger partial charge in [0.1, 0.15) is 11.5 Å². The molecule has 0 radical (unpaired) electrons. The average molecular weight is 248 g/mol. The number of benzene rings is 1. The highest BCUT2D eigenvalue weighted by molar-refractivity contribution is 5.86. The fourth-order valence-corrected chi connectivity index (χ4v) is 1.04. The maximum absolute atomic E-state index is 12.0. The SMILES string of the molecule is O=C(O)/C=C/c1cc(O)ccc1OC(F)(F)F. The maximum atomic E-state index is 12.0. The molecule has 0 aromatic heterocycles. The molecule has 0 aliphatic carbocycles. The van der Waals surface area contributed by atoms with Crippen LogP contribution in [0.4, 0.5) is 13.2 Å². The Hall–Kier alpha value is -2.18. The van der Waals surface area contributed by atoms with Gasteiger partial charge in [0, 0.05) is 11.6 Å². The second-order valence-corrected chi connectivity index (χ2v) is 2.94. The van der Waals surface area contributed by atoms with E-state index in [9.17, 15) is 18.0 Å². The number of phenols is 1. The number of carboxylic acids is 1. The molecule has 0 atom stereocenters. The first-order valence-corrected chi connectivity index (χ1v) is 4.28. The fraction of sp³-hybridized carbons (Fsp3) is 0.100. The van der Waals surface area contributed by atoms with Crippen LogP contribution in [0.15, 0.2) is 24.3 Å². The van der Waals surface area contributed by atoms with Gasteiger partial charge in [0.05, 0.1) is 0 Å². The highest BCUT2D eigenvalue weighted by Gasteiger charge is 2.31. The summed E-state index contributed by atoms with van der Waals surface area (Å²) in [7, 11) is 0. The summed E-state index contributed by atoms with van der Waals surface area (Å²) in [5.74, 6) is -2.22. The average Bonchev–Trinajstić information content (AvgIpc) is 2.16. The van der Waals surface area contributed by atoms with Crippen LogP contribution in [0.3, 0.4) is 0 Å². The molecule has 0 unspecified atom stereocenters. The van der Waals surface area contributed by atoms with E-state index in [1.807, 2.05) is 0 Å². The lowest BCUT2D eigenvalue weighted by Gasteiger charge is -2.11. The zero-order chi connectivity index (χ0) is 13.1. The molecule has 0 amide bonds. The van der Waals surface area contributed by atoms with Crippen molar-refractivity contribution in [2.75, 3.05) is 0 Å². The largest absolute Gasteiger partial charge is 0.573 e. The smallest absolute Gasteiger partial charge is 0.508 e. The van der Waals surface area contributed by atoms with Gasteiger partial charge >= 0.3 is 12.3 Å².